The maximum atomic E-state index is 12.5. The highest BCUT2D eigenvalue weighted by Gasteiger charge is 2.58. The topological polar surface area (TPSA) is 162 Å². The van der Waals surface area contributed by atoms with E-state index in [4.69, 9.17) is 5.73 Å². The number of amides is 1. The number of aliphatic hydroxyl groups excluding tert-OH is 1. The number of rotatable bonds is 12. The first-order valence-corrected chi connectivity index (χ1v) is 15.3. The van der Waals surface area contributed by atoms with Gasteiger partial charge in [0.2, 0.25) is 15.9 Å². The van der Waals surface area contributed by atoms with E-state index in [1.54, 1.807) is 47.8 Å². The van der Waals surface area contributed by atoms with Gasteiger partial charge in [-0.05, 0) is 37.1 Å². The average molecular weight is 557 g/mol. The van der Waals surface area contributed by atoms with Gasteiger partial charge in [-0.3, -0.25) is 4.79 Å². The number of carboxylic acid groups (broad SMARTS) is 1. The van der Waals surface area contributed by atoms with E-state index in [-0.39, 0.29) is 65.4 Å². The predicted molar refractivity (Wildman–Crippen MR) is 139 cm³/mol. The molecular formula is C23H32N4O6S3. The van der Waals surface area contributed by atoms with Gasteiger partial charge in [0, 0.05) is 59.0 Å². The van der Waals surface area contributed by atoms with Crippen molar-refractivity contribution < 1.29 is 28.2 Å². The van der Waals surface area contributed by atoms with Crippen molar-refractivity contribution in [3.05, 3.63) is 34.9 Å². The number of carbonyl (C=O) groups is 2. The van der Waals surface area contributed by atoms with Gasteiger partial charge in [-0.15, -0.1) is 23.5 Å². The third kappa shape index (κ3) is 5.47. The number of fused-ring (bicyclic) bond motifs is 1. The summed E-state index contributed by atoms with van der Waals surface area (Å²) >= 11 is 3.19. The number of carboxylic acids is 1. The Morgan fingerprint density at radius 3 is 2.67 bits per heavy atom. The molecule has 0 spiro atoms. The standard InChI is InChI=1S/C23H32N4O6S3/c1-13-19-18(6-9-28)22(29)27(19)20(23(30)31)21(13)35-16-10-14(25-11-16)12-34-15-2-4-17(5-3-15)36(32,33)26-8-7-24/h2-5,13-14,16,18-19,25-26,28H,6-12,24H2,1H3,(H,30,31)/t13-,14+,16+,18+,19-/m1/s1. The van der Waals surface area contributed by atoms with Crippen molar-refractivity contribution in [2.75, 3.05) is 32.0 Å². The van der Waals surface area contributed by atoms with Gasteiger partial charge in [-0.1, -0.05) is 6.92 Å². The molecule has 13 heteroatoms. The lowest BCUT2D eigenvalue weighted by atomic mass is 9.80. The Morgan fingerprint density at radius 1 is 1.31 bits per heavy atom. The molecule has 0 unspecified atom stereocenters. The Balaban J connectivity index is 1.32. The number of hydrogen-bond donors (Lipinski definition) is 5. The van der Waals surface area contributed by atoms with E-state index in [0.29, 0.717) is 6.42 Å². The molecule has 5 atom stereocenters. The Morgan fingerprint density at radius 2 is 2.03 bits per heavy atom. The molecule has 6 N–H and O–H groups in total. The first-order chi connectivity index (χ1) is 17.2. The molecule has 198 valence electrons. The predicted octanol–water partition coefficient (Wildman–Crippen LogP) is 0.635. The summed E-state index contributed by atoms with van der Waals surface area (Å²) in [4.78, 5) is 27.9. The molecule has 3 heterocycles. The zero-order valence-electron chi connectivity index (χ0n) is 19.9. The lowest BCUT2D eigenvalue weighted by Gasteiger charge is -2.45. The Hall–Kier alpha value is -1.61. The van der Waals surface area contributed by atoms with Crippen LogP contribution in [0.15, 0.2) is 44.7 Å². The van der Waals surface area contributed by atoms with E-state index in [9.17, 15) is 28.2 Å². The largest absolute Gasteiger partial charge is 0.477 e. The van der Waals surface area contributed by atoms with E-state index in [2.05, 4.69) is 10.0 Å². The van der Waals surface area contributed by atoms with Crippen LogP contribution in [0.4, 0.5) is 0 Å². The van der Waals surface area contributed by atoms with Crippen molar-refractivity contribution in [2.24, 2.45) is 17.6 Å². The number of carbonyl (C=O) groups excluding carboxylic acids is 1. The van der Waals surface area contributed by atoms with Crippen molar-refractivity contribution >= 4 is 45.4 Å². The number of aliphatic hydroxyl groups is 1. The molecular weight excluding hydrogens is 524 g/mol. The lowest BCUT2D eigenvalue weighted by Crippen LogP contribution is -2.60. The van der Waals surface area contributed by atoms with Gasteiger partial charge >= 0.3 is 5.97 Å². The van der Waals surface area contributed by atoms with Crippen LogP contribution in [0.2, 0.25) is 0 Å². The third-order valence-electron chi connectivity index (χ3n) is 6.80. The SMILES string of the molecule is C[C@H]1C(S[C@@H]2CN[C@H](CSc3ccc(S(=O)(=O)NCCN)cc3)C2)=C(C(=O)O)N2C(=O)[C@@H](CCO)[C@@H]12. The molecule has 10 nitrogen and oxygen atoms in total. The lowest BCUT2D eigenvalue weighted by molar-refractivity contribution is -0.157. The van der Waals surface area contributed by atoms with Crippen molar-refractivity contribution in [1.29, 1.82) is 0 Å². The first-order valence-electron chi connectivity index (χ1n) is 11.9. The Kier molecular flexibility index (Phi) is 8.70. The van der Waals surface area contributed by atoms with Crippen LogP contribution >= 0.6 is 23.5 Å². The van der Waals surface area contributed by atoms with Crippen molar-refractivity contribution in [1.82, 2.24) is 14.9 Å². The van der Waals surface area contributed by atoms with Crippen LogP contribution in [0.5, 0.6) is 0 Å². The number of β-lactam (4-membered cyclic amide) rings is 1. The maximum Gasteiger partial charge on any atom is 0.353 e. The third-order valence-corrected chi connectivity index (χ3v) is 11.0. The van der Waals surface area contributed by atoms with Crippen LogP contribution in [0.3, 0.4) is 0 Å². The monoisotopic (exact) mass is 556 g/mol. The fraction of sp³-hybridized carbons (Fsp3) is 0.565. The molecule has 0 aliphatic carbocycles. The number of aliphatic carboxylic acids is 1. The molecule has 0 saturated carbocycles. The molecule has 3 aliphatic rings. The fourth-order valence-corrected chi connectivity index (χ4v) is 8.60. The van der Waals surface area contributed by atoms with Gasteiger partial charge in [-0.2, -0.15) is 0 Å². The molecule has 36 heavy (non-hydrogen) atoms. The minimum atomic E-state index is -3.55. The van der Waals surface area contributed by atoms with Gasteiger partial charge < -0.3 is 26.2 Å². The van der Waals surface area contributed by atoms with E-state index >= 15 is 0 Å². The Labute approximate surface area is 219 Å². The van der Waals surface area contributed by atoms with E-state index in [1.807, 2.05) is 6.92 Å². The molecule has 0 bridgehead atoms. The van der Waals surface area contributed by atoms with Crippen LogP contribution in [-0.4, -0.2) is 84.7 Å². The number of benzene rings is 1. The molecule has 2 fully saturated rings. The normalized spacial score (nSPS) is 27.9. The van der Waals surface area contributed by atoms with Crippen molar-refractivity contribution in [3.8, 4) is 0 Å². The minimum absolute atomic E-state index is 0.0714. The van der Waals surface area contributed by atoms with Gasteiger partial charge in [0.25, 0.3) is 0 Å². The number of nitrogens with one attached hydrogen (secondary N) is 2. The second-order valence-electron chi connectivity index (χ2n) is 9.17. The summed E-state index contributed by atoms with van der Waals surface area (Å²) in [6.45, 7) is 3.04. The second-order valence-corrected chi connectivity index (χ2v) is 13.4. The molecule has 2 saturated heterocycles. The highest BCUT2D eigenvalue weighted by atomic mass is 32.2. The molecule has 0 aromatic heterocycles. The Bertz CT molecular complexity index is 1130. The fourth-order valence-electron chi connectivity index (χ4n) is 5.06. The van der Waals surface area contributed by atoms with Gasteiger partial charge in [0.05, 0.1) is 16.9 Å². The van der Waals surface area contributed by atoms with Gasteiger partial charge in [0.1, 0.15) is 5.70 Å². The van der Waals surface area contributed by atoms with Crippen LogP contribution in [-0.2, 0) is 19.6 Å². The zero-order chi connectivity index (χ0) is 26.0. The summed E-state index contributed by atoms with van der Waals surface area (Å²) in [6, 6.07) is 6.79. The summed E-state index contributed by atoms with van der Waals surface area (Å²) in [6.07, 6.45) is 1.21. The second kappa shape index (κ2) is 11.4. The number of sulfonamides is 1. The highest BCUT2D eigenvalue weighted by Crippen LogP contribution is 2.51. The summed E-state index contributed by atoms with van der Waals surface area (Å²) in [5.74, 6) is -0.883. The molecule has 1 aromatic carbocycles. The summed E-state index contributed by atoms with van der Waals surface area (Å²) in [5.41, 5.74) is 5.47. The van der Waals surface area contributed by atoms with Crippen LogP contribution < -0.4 is 15.8 Å². The van der Waals surface area contributed by atoms with E-state index in [1.165, 1.54) is 4.90 Å². The first kappa shape index (κ1) is 27.4. The number of nitrogens with zero attached hydrogens (tertiary/aromatic N) is 1. The average Bonchev–Trinajstić information content (AvgIpc) is 3.41. The maximum absolute atomic E-state index is 12.5. The number of thioether (sulfide) groups is 2. The molecule has 1 aromatic rings. The van der Waals surface area contributed by atoms with Crippen LogP contribution in [0.1, 0.15) is 19.8 Å². The summed E-state index contributed by atoms with van der Waals surface area (Å²) in [7, 11) is -3.55. The van der Waals surface area contributed by atoms with Gasteiger partial charge in [0.15, 0.2) is 0 Å². The van der Waals surface area contributed by atoms with E-state index in [0.717, 1.165) is 28.5 Å². The number of nitrogens with two attached hydrogens (primary N) is 1. The summed E-state index contributed by atoms with van der Waals surface area (Å²) < 4.78 is 26.8. The van der Waals surface area contributed by atoms with Gasteiger partial charge in [-0.25, -0.2) is 17.9 Å². The molecule has 0 radical (unpaired) electrons. The zero-order valence-corrected chi connectivity index (χ0v) is 22.4. The quantitative estimate of drug-likeness (QED) is 0.182. The van der Waals surface area contributed by atoms with Crippen molar-refractivity contribution in [3.63, 3.8) is 0 Å². The smallest absolute Gasteiger partial charge is 0.353 e. The van der Waals surface area contributed by atoms with E-state index < -0.39 is 16.0 Å². The molecule has 4 rings (SSSR count). The minimum Gasteiger partial charge on any atom is -0.477 e. The van der Waals surface area contributed by atoms with Crippen LogP contribution in [0.25, 0.3) is 0 Å². The summed E-state index contributed by atoms with van der Waals surface area (Å²) in [5, 5.41) is 22.8. The molecule has 1 amide bonds. The van der Waals surface area contributed by atoms with Crippen molar-refractivity contribution in [2.45, 2.75) is 46.9 Å². The number of hydrogen-bond acceptors (Lipinski definition) is 9. The molecule has 3 aliphatic heterocycles. The highest BCUT2D eigenvalue weighted by molar-refractivity contribution is 8.03. The van der Waals surface area contributed by atoms with Crippen LogP contribution in [0, 0.1) is 11.8 Å².